The van der Waals surface area contributed by atoms with Crippen molar-refractivity contribution in [2.45, 2.75) is 13.0 Å². The first kappa shape index (κ1) is 17.4. The van der Waals surface area contributed by atoms with Gasteiger partial charge in [-0.15, -0.1) is 0 Å². The molecule has 3 aromatic rings. The number of benzene rings is 2. The fraction of sp³-hybridized carbons (Fsp3) is 0.100. The number of pyridine rings is 1. The maximum Gasteiger partial charge on any atom is 0.336 e. The van der Waals surface area contributed by atoms with Gasteiger partial charge in [-0.05, 0) is 23.8 Å². The molecule has 0 spiro atoms. The molecule has 0 unspecified atom stereocenters. The van der Waals surface area contributed by atoms with E-state index in [0.29, 0.717) is 11.1 Å². The monoisotopic (exact) mass is 353 g/mol. The van der Waals surface area contributed by atoms with Crippen LogP contribution >= 0.6 is 0 Å². The lowest BCUT2D eigenvalue weighted by atomic mass is 9.96. The van der Waals surface area contributed by atoms with Gasteiger partial charge >= 0.3 is 5.97 Å². The van der Waals surface area contributed by atoms with E-state index in [9.17, 15) is 24.2 Å². The number of aromatic carboxylic acids is 1. The molecule has 0 radical (unpaired) electrons. The second-order valence-electron chi connectivity index (χ2n) is 5.91. The number of hydrogen-bond donors (Lipinski definition) is 2. The number of nitrogens with zero attached hydrogens (tertiary/aromatic N) is 1. The molecule has 26 heavy (non-hydrogen) atoms. The van der Waals surface area contributed by atoms with Crippen LogP contribution in [0.3, 0.4) is 0 Å². The van der Waals surface area contributed by atoms with Crippen LogP contribution < -0.4 is 5.43 Å². The Balaban J connectivity index is 1.99. The van der Waals surface area contributed by atoms with Crippen molar-refractivity contribution in [2.75, 3.05) is 0 Å². The molecular formula is C20H16FNO4. The van der Waals surface area contributed by atoms with Crippen molar-refractivity contribution in [1.82, 2.24) is 4.57 Å². The molecule has 132 valence electrons. The highest BCUT2D eigenvalue weighted by molar-refractivity contribution is 5.90. The number of aromatic hydroxyl groups is 1. The number of phenols is 1. The van der Waals surface area contributed by atoms with Gasteiger partial charge in [-0.2, -0.15) is 0 Å². The minimum absolute atomic E-state index is 0.00418. The molecule has 0 saturated carbocycles. The number of carboxylic acids is 1. The Morgan fingerprint density at radius 3 is 2.27 bits per heavy atom. The van der Waals surface area contributed by atoms with Crippen LogP contribution in [0, 0.1) is 5.82 Å². The lowest BCUT2D eigenvalue weighted by Gasteiger charge is -2.14. The van der Waals surface area contributed by atoms with Gasteiger partial charge in [-0.3, -0.25) is 4.79 Å². The van der Waals surface area contributed by atoms with E-state index >= 15 is 0 Å². The topological polar surface area (TPSA) is 79.5 Å². The molecule has 0 aliphatic carbocycles. The summed E-state index contributed by atoms with van der Waals surface area (Å²) in [5.41, 5.74) is 1.35. The van der Waals surface area contributed by atoms with E-state index in [0.717, 1.165) is 0 Å². The van der Waals surface area contributed by atoms with Crippen LogP contribution in [0.5, 0.6) is 5.75 Å². The Morgan fingerprint density at radius 2 is 1.65 bits per heavy atom. The Kier molecular flexibility index (Phi) is 4.84. The van der Waals surface area contributed by atoms with E-state index < -0.39 is 5.97 Å². The molecule has 0 bridgehead atoms. The number of carboxylic acid groups (broad SMARTS) is 1. The van der Waals surface area contributed by atoms with Crippen LogP contribution in [-0.2, 0) is 13.0 Å². The van der Waals surface area contributed by atoms with Crippen LogP contribution in [0.25, 0.3) is 0 Å². The summed E-state index contributed by atoms with van der Waals surface area (Å²) in [5, 5.41) is 20.1. The Labute approximate surface area is 148 Å². The molecule has 0 atom stereocenters. The van der Waals surface area contributed by atoms with Crippen molar-refractivity contribution in [2.24, 2.45) is 0 Å². The lowest BCUT2D eigenvalue weighted by Crippen LogP contribution is -2.08. The highest BCUT2D eigenvalue weighted by Gasteiger charge is 2.18. The first-order valence-electron chi connectivity index (χ1n) is 7.91. The van der Waals surface area contributed by atoms with Gasteiger partial charge < -0.3 is 14.8 Å². The zero-order chi connectivity index (χ0) is 18.7. The number of aromatic nitrogens is 1. The van der Waals surface area contributed by atoms with Crippen LogP contribution in [0.2, 0.25) is 0 Å². The van der Waals surface area contributed by atoms with E-state index in [2.05, 4.69) is 0 Å². The van der Waals surface area contributed by atoms with Crippen molar-refractivity contribution < 1.29 is 19.4 Å². The van der Waals surface area contributed by atoms with Crippen LogP contribution in [0.15, 0.2) is 65.7 Å². The molecule has 1 aromatic heterocycles. The van der Waals surface area contributed by atoms with Crippen molar-refractivity contribution >= 4 is 5.97 Å². The lowest BCUT2D eigenvalue weighted by molar-refractivity contribution is 0.0695. The van der Waals surface area contributed by atoms with Gasteiger partial charge in [0.15, 0.2) is 5.43 Å². The molecule has 2 aromatic carbocycles. The predicted molar refractivity (Wildman–Crippen MR) is 94.1 cm³/mol. The van der Waals surface area contributed by atoms with Gasteiger partial charge in [0.05, 0.1) is 12.1 Å². The zero-order valence-electron chi connectivity index (χ0n) is 13.7. The summed E-state index contributed by atoms with van der Waals surface area (Å²) < 4.78 is 14.8. The molecule has 1 heterocycles. The second-order valence-corrected chi connectivity index (χ2v) is 5.91. The van der Waals surface area contributed by atoms with Crippen LogP contribution in [0.1, 0.15) is 27.0 Å². The van der Waals surface area contributed by atoms with Gasteiger partial charge in [0.2, 0.25) is 0 Å². The van der Waals surface area contributed by atoms with E-state index in [1.807, 2.05) is 0 Å². The summed E-state index contributed by atoms with van der Waals surface area (Å²) >= 11 is 0. The molecule has 0 amide bonds. The van der Waals surface area contributed by atoms with Gasteiger partial charge in [0.25, 0.3) is 0 Å². The summed E-state index contributed by atoms with van der Waals surface area (Å²) in [7, 11) is 0. The fourth-order valence-electron chi connectivity index (χ4n) is 2.74. The third kappa shape index (κ3) is 3.80. The summed E-state index contributed by atoms with van der Waals surface area (Å²) in [6, 6.07) is 11.5. The molecular weight excluding hydrogens is 337 g/mol. The highest BCUT2D eigenvalue weighted by atomic mass is 19.1. The molecule has 0 saturated heterocycles. The normalized spacial score (nSPS) is 10.7. The molecule has 6 heteroatoms. The number of phenolic OH excluding ortho intramolecular Hbond substituents is 1. The van der Waals surface area contributed by atoms with E-state index in [1.165, 1.54) is 30.3 Å². The first-order chi connectivity index (χ1) is 12.4. The summed E-state index contributed by atoms with van der Waals surface area (Å²) in [6.07, 6.45) is 3.34. The Bertz CT molecular complexity index is 989. The first-order valence-corrected chi connectivity index (χ1v) is 7.91. The third-order valence-electron chi connectivity index (χ3n) is 4.10. The Morgan fingerprint density at radius 1 is 1.00 bits per heavy atom. The number of carbonyl (C=O) groups is 1. The quantitative estimate of drug-likeness (QED) is 0.739. The van der Waals surface area contributed by atoms with E-state index in [1.54, 1.807) is 35.2 Å². The molecule has 0 aliphatic rings. The summed E-state index contributed by atoms with van der Waals surface area (Å²) in [4.78, 5) is 22.7. The second kappa shape index (κ2) is 7.23. The minimum Gasteiger partial charge on any atom is -0.507 e. The minimum atomic E-state index is -1.15. The third-order valence-corrected chi connectivity index (χ3v) is 4.10. The van der Waals surface area contributed by atoms with Gasteiger partial charge in [0.1, 0.15) is 11.6 Å². The van der Waals surface area contributed by atoms with Crippen molar-refractivity contribution in [3.05, 3.63) is 99.2 Å². The van der Waals surface area contributed by atoms with Crippen LogP contribution in [-0.4, -0.2) is 20.7 Å². The predicted octanol–water partition coefficient (Wildman–Crippen LogP) is 3.03. The van der Waals surface area contributed by atoms with Gasteiger partial charge in [-0.25, -0.2) is 9.18 Å². The standard InChI is InChI=1S/C20H16FNO4/c21-15-4-1-13(2-5-15)11-18-17(20(25)26)6-3-14(19(18)24)12-22-9-7-16(23)8-10-22/h1-10,24H,11-12H2,(H,25,26). The molecule has 0 fully saturated rings. The van der Waals surface area contributed by atoms with Crippen molar-refractivity contribution in [3.8, 4) is 5.75 Å². The van der Waals surface area contributed by atoms with Gasteiger partial charge in [-0.1, -0.05) is 18.2 Å². The zero-order valence-corrected chi connectivity index (χ0v) is 13.7. The Hall–Kier alpha value is -3.41. The average molecular weight is 353 g/mol. The number of hydrogen-bond acceptors (Lipinski definition) is 3. The summed E-state index contributed by atoms with van der Waals surface area (Å²) in [5.74, 6) is -1.65. The smallest absolute Gasteiger partial charge is 0.336 e. The highest BCUT2D eigenvalue weighted by Crippen LogP contribution is 2.29. The maximum absolute atomic E-state index is 13.1. The maximum atomic E-state index is 13.1. The number of rotatable bonds is 5. The van der Waals surface area contributed by atoms with E-state index in [-0.39, 0.29) is 41.1 Å². The van der Waals surface area contributed by atoms with Crippen molar-refractivity contribution in [1.29, 1.82) is 0 Å². The van der Waals surface area contributed by atoms with E-state index in [4.69, 9.17) is 0 Å². The molecule has 5 nitrogen and oxygen atoms in total. The van der Waals surface area contributed by atoms with Gasteiger partial charge in [0, 0.05) is 42.1 Å². The SMILES string of the molecule is O=C(O)c1ccc(Cn2ccc(=O)cc2)c(O)c1Cc1ccc(F)cc1. The molecule has 0 aliphatic heterocycles. The largest absolute Gasteiger partial charge is 0.507 e. The fourth-order valence-corrected chi connectivity index (χ4v) is 2.74. The molecule has 2 N–H and O–H groups in total. The summed E-state index contributed by atoms with van der Waals surface area (Å²) in [6.45, 7) is 0.280. The molecule has 3 rings (SSSR count). The number of halogens is 1. The van der Waals surface area contributed by atoms with Crippen LogP contribution in [0.4, 0.5) is 4.39 Å². The van der Waals surface area contributed by atoms with Crippen molar-refractivity contribution in [3.63, 3.8) is 0 Å². The average Bonchev–Trinajstić information content (AvgIpc) is 2.62.